The SMILES string of the molecule is N#CCC(c1cccc(N(C(=O)C(F)(F)F)c2ccc(-c3ccccc3)cc2)c1)n1cc(-c2ncnc3c2ccn3O)cn1. The van der Waals surface area contributed by atoms with Crippen molar-refractivity contribution in [3.63, 3.8) is 0 Å². The van der Waals surface area contributed by atoms with Crippen molar-refractivity contribution in [2.75, 3.05) is 4.90 Å². The molecule has 0 spiro atoms. The molecule has 0 saturated carbocycles. The highest BCUT2D eigenvalue weighted by atomic mass is 19.4. The molecule has 1 N–H and O–H groups in total. The van der Waals surface area contributed by atoms with E-state index in [2.05, 4.69) is 21.1 Å². The predicted octanol–water partition coefficient (Wildman–Crippen LogP) is 6.93. The largest absolute Gasteiger partial charge is 0.472 e. The van der Waals surface area contributed by atoms with E-state index < -0.39 is 18.1 Å². The highest BCUT2D eigenvalue weighted by Crippen LogP contribution is 2.35. The zero-order valence-electron chi connectivity index (χ0n) is 22.8. The van der Waals surface area contributed by atoms with Crippen molar-refractivity contribution in [3.05, 3.63) is 115 Å². The molecular weight excluding hydrogens is 571 g/mol. The average molecular weight is 594 g/mol. The Hall–Kier alpha value is -5.96. The van der Waals surface area contributed by atoms with Crippen molar-refractivity contribution in [3.8, 4) is 28.5 Å². The van der Waals surface area contributed by atoms with E-state index in [1.165, 1.54) is 47.5 Å². The van der Waals surface area contributed by atoms with Gasteiger partial charge >= 0.3 is 12.1 Å². The van der Waals surface area contributed by atoms with Gasteiger partial charge in [0.2, 0.25) is 0 Å². The molecule has 44 heavy (non-hydrogen) atoms. The molecule has 0 bridgehead atoms. The Bertz CT molecular complexity index is 1990. The number of halogens is 3. The van der Waals surface area contributed by atoms with Crippen molar-refractivity contribution in [2.24, 2.45) is 0 Å². The van der Waals surface area contributed by atoms with Crippen LogP contribution < -0.4 is 4.90 Å². The topological polar surface area (TPSA) is 113 Å². The number of carbonyl (C=O) groups is 1. The molecule has 0 radical (unpaired) electrons. The van der Waals surface area contributed by atoms with E-state index in [9.17, 15) is 28.4 Å². The van der Waals surface area contributed by atoms with E-state index in [4.69, 9.17) is 0 Å². The van der Waals surface area contributed by atoms with Crippen LogP contribution in [0.2, 0.25) is 0 Å². The monoisotopic (exact) mass is 593 g/mol. The van der Waals surface area contributed by atoms with Crippen LogP contribution in [-0.4, -0.2) is 41.8 Å². The summed E-state index contributed by atoms with van der Waals surface area (Å²) in [6.45, 7) is 0. The van der Waals surface area contributed by atoms with Gasteiger partial charge in [0.05, 0.1) is 30.4 Å². The molecular formula is C32H22F3N7O2. The number of amides is 1. The van der Waals surface area contributed by atoms with Gasteiger partial charge in [-0.15, -0.1) is 0 Å². The summed E-state index contributed by atoms with van der Waals surface area (Å²) < 4.78 is 44.0. The summed E-state index contributed by atoms with van der Waals surface area (Å²) in [5.74, 6) is -2.05. The third-order valence-corrected chi connectivity index (χ3v) is 7.13. The summed E-state index contributed by atoms with van der Waals surface area (Å²) in [7, 11) is 0. The Morgan fingerprint density at radius 1 is 0.932 bits per heavy atom. The number of benzene rings is 3. The standard InChI is InChI=1S/C32H22F3N7O2/c33-32(34,35)31(43)42(25-11-9-22(10-12-25)21-5-2-1-3-6-21)26-8-4-7-23(17-26)28(13-15-36)40-19-24(18-39-40)29-27-14-16-41(44)30(27)38-20-37-29/h1-12,14,16-20,28,44H,13H2. The molecule has 1 atom stereocenters. The Labute approximate surface area is 248 Å². The smallest absolute Gasteiger partial charge is 0.427 e. The lowest BCUT2D eigenvalue weighted by molar-refractivity contribution is -0.169. The van der Waals surface area contributed by atoms with Gasteiger partial charge in [0.25, 0.3) is 0 Å². The fourth-order valence-corrected chi connectivity index (χ4v) is 5.06. The molecule has 218 valence electrons. The Kier molecular flexibility index (Phi) is 7.28. The number of anilines is 2. The highest BCUT2D eigenvalue weighted by Gasteiger charge is 2.44. The van der Waals surface area contributed by atoms with Gasteiger partial charge in [0.1, 0.15) is 6.33 Å². The lowest BCUT2D eigenvalue weighted by atomic mass is 10.0. The number of alkyl halides is 3. The number of aromatic nitrogens is 5. The Balaban J connectivity index is 1.38. The van der Waals surface area contributed by atoms with Crippen LogP contribution in [0.25, 0.3) is 33.4 Å². The summed E-state index contributed by atoms with van der Waals surface area (Å²) in [6.07, 6.45) is 0.727. The first-order valence-corrected chi connectivity index (χ1v) is 13.3. The maximum atomic E-state index is 13.9. The second-order valence-corrected chi connectivity index (χ2v) is 9.85. The van der Waals surface area contributed by atoms with Gasteiger partial charge in [0.15, 0.2) is 5.65 Å². The summed E-state index contributed by atoms with van der Waals surface area (Å²) in [6, 6.07) is 24.7. The second-order valence-electron chi connectivity index (χ2n) is 9.85. The Morgan fingerprint density at radius 3 is 2.41 bits per heavy atom. The summed E-state index contributed by atoms with van der Waals surface area (Å²) in [5, 5.41) is 24.6. The lowest BCUT2D eigenvalue weighted by Crippen LogP contribution is -2.38. The van der Waals surface area contributed by atoms with E-state index in [1.54, 1.807) is 36.7 Å². The van der Waals surface area contributed by atoms with E-state index >= 15 is 0 Å². The first-order valence-electron chi connectivity index (χ1n) is 13.3. The molecule has 12 heteroatoms. The predicted molar refractivity (Wildman–Crippen MR) is 156 cm³/mol. The number of rotatable bonds is 7. The average Bonchev–Trinajstić information content (AvgIpc) is 3.68. The van der Waals surface area contributed by atoms with Gasteiger partial charge in [-0.2, -0.15) is 28.3 Å². The van der Waals surface area contributed by atoms with E-state index in [0.29, 0.717) is 32.8 Å². The number of carbonyl (C=O) groups excluding carboxylic acids is 1. The number of fused-ring (bicyclic) bond motifs is 1. The van der Waals surface area contributed by atoms with Gasteiger partial charge in [-0.1, -0.05) is 54.6 Å². The van der Waals surface area contributed by atoms with Crippen molar-refractivity contribution < 1.29 is 23.2 Å². The van der Waals surface area contributed by atoms with Crippen LogP contribution in [0.15, 0.2) is 110 Å². The fraction of sp³-hybridized carbons (Fsp3) is 0.0938. The van der Waals surface area contributed by atoms with Crippen molar-refractivity contribution >= 4 is 28.3 Å². The minimum absolute atomic E-state index is 0.0191. The second kappa shape index (κ2) is 11.4. The first-order chi connectivity index (χ1) is 21.2. The number of nitriles is 1. The van der Waals surface area contributed by atoms with Crippen molar-refractivity contribution in [1.82, 2.24) is 24.5 Å². The molecule has 3 aromatic heterocycles. The van der Waals surface area contributed by atoms with Crippen LogP contribution in [0.3, 0.4) is 0 Å². The number of hydrogen-bond acceptors (Lipinski definition) is 6. The quantitative estimate of drug-likeness (QED) is 0.201. The van der Waals surface area contributed by atoms with E-state index in [0.717, 1.165) is 15.9 Å². The normalized spacial score (nSPS) is 12.1. The first kappa shape index (κ1) is 28.2. The van der Waals surface area contributed by atoms with Crippen LogP contribution in [-0.2, 0) is 4.79 Å². The van der Waals surface area contributed by atoms with Crippen LogP contribution in [0.1, 0.15) is 18.0 Å². The van der Waals surface area contributed by atoms with Gasteiger partial charge in [-0.05, 0) is 47.0 Å². The number of hydrogen-bond donors (Lipinski definition) is 1. The zero-order chi connectivity index (χ0) is 30.8. The Morgan fingerprint density at radius 2 is 1.68 bits per heavy atom. The molecule has 3 heterocycles. The van der Waals surface area contributed by atoms with Crippen LogP contribution in [0.5, 0.6) is 0 Å². The molecule has 6 rings (SSSR count). The van der Waals surface area contributed by atoms with Crippen molar-refractivity contribution in [1.29, 1.82) is 5.26 Å². The zero-order valence-corrected chi connectivity index (χ0v) is 22.8. The van der Waals surface area contributed by atoms with E-state index in [-0.39, 0.29) is 17.8 Å². The van der Waals surface area contributed by atoms with Gasteiger partial charge in [-0.3, -0.25) is 14.4 Å². The number of nitrogens with zero attached hydrogens (tertiary/aromatic N) is 7. The fourth-order valence-electron chi connectivity index (χ4n) is 5.06. The van der Waals surface area contributed by atoms with Crippen LogP contribution in [0.4, 0.5) is 24.5 Å². The van der Waals surface area contributed by atoms with Crippen LogP contribution in [0, 0.1) is 11.3 Å². The van der Waals surface area contributed by atoms with Gasteiger partial charge < -0.3 is 5.21 Å². The third kappa shape index (κ3) is 5.34. The van der Waals surface area contributed by atoms with Crippen LogP contribution >= 0.6 is 0 Å². The molecule has 0 fully saturated rings. The molecule has 0 aliphatic rings. The molecule has 0 saturated heterocycles. The molecule has 9 nitrogen and oxygen atoms in total. The van der Waals surface area contributed by atoms with Gasteiger partial charge in [-0.25, -0.2) is 9.97 Å². The highest BCUT2D eigenvalue weighted by molar-refractivity contribution is 6.04. The minimum Gasteiger partial charge on any atom is -0.427 e. The molecule has 6 aromatic rings. The molecule has 0 aliphatic carbocycles. The molecule has 0 aliphatic heterocycles. The van der Waals surface area contributed by atoms with E-state index in [1.807, 2.05) is 30.3 Å². The summed E-state index contributed by atoms with van der Waals surface area (Å²) >= 11 is 0. The van der Waals surface area contributed by atoms with Crippen molar-refractivity contribution in [2.45, 2.75) is 18.6 Å². The summed E-state index contributed by atoms with van der Waals surface area (Å²) in [4.78, 5) is 21.8. The molecule has 1 unspecified atom stereocenters. The maximum absolute atomic E-state index is 13.9. The summed E-state index contributed by atoms with van der Waals surface area (Å²) in [5.41, 5.74) is 3.52. The maximum Gasteiger partial charge on any atom is 0.472 e. The minimum atomic E-state index is -5.15. The van der Waals surface area contributed by atoms with Gasteiger partial charge in [0, 0.05) is 34.7 Å². The third-order valence-electron chi connectivity index (χ3n) is 7.13. The molecule has 1 amide bonds. The lowest BCUT2D eigenvalue weighted by Gasteiger charge is -2.25. The molecule has 3 aromatic carbocycles.